The largest absolute Gasteiger partial charge is 0.383 e. The van der Waals surface area contributed by atoms with Gasteiger partial charge in [0, 0.05) is 20.1 Å². The Hall–Kier alpha value is -1.86. The maximum atomic E-state index is 11.9. The van der Waals surface area contributed by atoms with E-state index in [-0.39, 0.29) is 18.2 Å². The molecule has 0 aromatic heterocycles. The lowest BCUT2D eigenvalue weighted by Crippen LogP contribution is -2.32. The Labute approximate surface area is 140 Å². The lowest BCUT2D eigenvalue weighted by Gasteiger charge is -2.07. The van der Waals surface area contributed by atoms with Crippen molar-refractivity contribution in [2.45, 2.75) is 18.1 Å². The van der Waals surface area contributed by atoms with Crippen molar-refractivity contribution in [1.29, 1.82) is 0 Å². The van der Waals surface area contributed by atoms with Gasteiger partial charge in [-0.05, 0) is 12.0 Å². The Bertz CT molecular complexity index is 563. The molecule has 1 fully saturated rings. The summed E-state index contributed by atoms with van der Waals surface area (Å²) in [4.78, 5) is 28.0. The summed E-state index contributed by atoms with van der Waals surface area (Å²) in [7, 11) is 1.60. The number of nitrogens with zero attached hydrogens (tertiary/aromatic N) is 1. The zero-order chi connectivity index (χ0) is 16.5. The van der Waals surface area contributed by atoms with E-state index in [2.05, 4.69) is 15.6 Å². The first-order chi connectivity index (χ1) is 11.2. The van der Waals surface area contributed by atoms with Gasteiger partial charge in [-0.3, -0.25) is 14.6 Å². The predicted octanol–water partition coefficient (Wildman–Crippen LogP) is 0.969. The van der Waals surface area contributed by atoms with Crippen LogP contribution in [0.25, 0.3) is 0 Å². The molecule has 1 saturated heterocycles. The molecule has 2 N–H and O–H groups in total. The fourth-order valence-electron chi connectivity index (χ4n) is 2.08. The number of hydrogen-bond acceptors (Lipinski definition) is 5. The average molecular weight is 335 g/mol. The topological polar surface area (TPSA) is 79.8 Å². The second-order valence-electron chi connectivity index (χ2n) is 5.07. The SMILES string of the molecule is COCCN=C1NC(=O)[C@@H](CC(=O)NCCc2ccccc2)S1. The Morgan fingerprint density at radius 2 is 2.17 bits per heavy atom. The molecule has 124 valence electrons. The lowest BCUT2D eigenvalue weighted by atomic mass is 10.1. The molecule has 0 saturated carbocycles. The molecule has 0 unspecified atom stereocenters. The van der Waals surface area contributed by atoms with Crippen molar-refractivity contribution in [2.24, 2.45) is 4.99 Å². The molecule has 7 heteroatoms. The van der Waals surface area contributed by atoms with Crippen LogP contribution in [-0.2, 0) is 20.7 Å². The van der Waals surface area contributed by atoms with Gasteiger partial charge in [-0.25, -0.2) is 0 Å². The van der Waals surface area contributed by atoms with E-state index < -0.39 is 5.25 Å². The highest BCUT2D eigenvalue weighted by Gasteiger charge is 2.31. The normalized spacial score (nSPS) is 18.9. The minimum Gasteiger partial charge on any atom is -0.383 e. The molecule has 0 aliphatic carbocycles. The van der Waals surface area contributed by atoms with Crippen molar-refractivity contribution in [3.63, 3.8) is 0 Å². The number of thioether (sulfide) groups is 1. The van der Waals surface area contributed by atoms with Gasteiger partial charge in [-0.15, -0.1) is 0 Å². The van der Waals surface area contributed by atoms with Crippen molar-refractivity contribution in [2.75, 3.05) is 26.8 Å². The standard InChI is InChI=1S/C16H21N3O3S/c1-22-10-9-18-16-19-15(21)13(23-16)11-14(20)17-8-7-12-5-3-2-4-6-12/h2-6,13H,7-11H2,1H3,(H,17,20)(H,18,19,21)/t13-/m1/s1. The molecule has 1 atom stereocenters. The Morgan fingerprint density at radius 1 is 1.39 bits per heavy atom. The number of ether oxygens (including phenoxy) is 1. The smallest absolute Gasteiger partial charge is 0.240 e. The van der Waals surface area contributed by atoms with Gasteiger partial charge in [-0.2, -0.15) is 0 Å². The summed E-state index contributed by atoms with van der Waals surface area (Å²) in [6.07, 6.45) is 0.939. The Morgan fingerprint density at radius 3 is 2.91 bits per heavy atom. The van der Waals surface area contributed by atoms with Crippen molar-refractivity contribution in [3.8, 4) is 0 Å². The highest BCUT2D eigenvalue weighted by atomic mass is 32.2. The number of rotatable bonds is 8. The highest BCUT2D eigenvalue weighted by molar-refractivity contribution is 8.15. The van der Waals surface area contributed by atoms with Gasteiger partial charge in [0.15, 0.2) is 5.17 Å². The van der Waals surface area contributed by atoms with Crippen LogP contribution >= 0.6 is 11.8 Å². The van der Waals surface area contributed by atoms with Gasteiger partial charge < -0.3 is 15.4 Å². The molecule has 0 radical (unpaired) electrons. The third-order valence-corrected chi connectivity index (χ3v) is 4.40. The number of carbonyl (C=O) groups is 2. The molecule has 2 rings (SSSR count). The molecule has 0 bridgehead atoms. The summed E-state index contributed by atoms with van der Waals surface area (Å²) in [5.74, 6) is -0.281. The van der Waals surface area contributed by atoms with Crippen LogP contribution in [0.1, 0.15) is 12.0 Å². The average Bonchev–Trinajstić information content (AvgIpc) is 2.88. The van der Waals surface area contributed by atoms with Gasteiger partial charge in [0.05, 0.1) is 13.2 Å². The van der Waals surface area contributed by atoms with Gasteiger partial charge in [-0.1, -0.05) is 42.1 Å². The fourth-order valence-corrected chi connectivity index (χ4v) is 3.08. The molecule has 2 amide bonds. The number of amides is 2. The molecule has 1 heterocycles. The van der Waals surface area contributed by atoms with Crippen LogP contribution in [0.3, 0.4) is 0 Å². The summed E-state index contributed by atoms with van der Waals surface area (Å²) in [5.41, 5.74) is 1.17. The number of methoxy groups -OCH3 is 1. The number of nitrogens with one attached hydrogen (secondary N) is 2. The van der Waals surface area contributed by atoms with E-state index in [0.29, 0.717) is 24.9 Å². The van der Waals surface area contributed by atoms with Crippen LogP contribution in [0.5, 0.6) is 0 Å². The molecule has 1 aliphatic heterocycles. The zero-order valence-electron chi connectivity index (χ0n) is 13.1. The Kier molecular flexibility index (Phi) is 7.09. The Balaban J connectivity index is 1.70. The highest BCUT2D eigenvalue weighted by Crippen LogP contribution is 2.22. The predicted molar refractivity (Wildman–Crippen MR) is 91.5 cm³/mol. The monoisotopic (exact) mass is 335 g/mol. The number of benzene rings is 1. The quantitative estimate of drug-likeness (QED) is 0.694. The summed E-state index contributed by atoms with van der Waals surface area (Å²) in [6.45, 7) is 1.57. The summed E-state index contributed by atoms with van der Waals surface area (Å²) in [5, 5.41) is 5.70. The third-order valence-electron chi connectivity index (χ3n) is 3.28. The van der Waals surface area contributed by atoms with Crippen LogP contribution in [-0.4, -0.2) is 49.0 Å². The molecular weight excluding hydrogens is 314 g/mol. The summed E-state index contributed by atoms with van der Waals surface area (Å²) >= 11 is 1.30. The minimum absolute atomic E-state index is 0.119. The number of aliphatic imine (C=N–C) groups is 1. The van der Waals surface area contributed by atoms with Gasteiger partial charge in [0.1, 0.15) is 5.25 Å². The molecule has 23 heavy (non-hydrogen) atoms. The maximum absolute atomic E-state index is 11.9. The van der Waals surface area contributed by atoms with E-state index in [1.54, 1.807) is 7.11 Å². The molecule has 1 aliphatic rings. The van der Waals surface area contributed by atoms with Crippen LogP contribution in [0, 0.1) is 0 Å². The van der Waals surface area contributed by atoms with Crippen molar-refractivity contribution < 1.29 is 14.3 Å². The van der Waals surface area contributed by atoms with Crippen LogP contribution in [0.2, 0.25) is 0 Å². The van der Waals surface area contributed by atoms with Crippen LogP contribution in [0.15, 0.2) is 35.3 Å². The second kappa shape index (κ2) is 9.32. The van der Waals surface area contributed by atoms with Gasteiger partial charge in [0.2, 0.25) is 11.8 Å². The van der Waals surface area contributed by atoms with E-state index in [0.717, 1.165) is 6.42 Å². The van der Waals surface area contributed by atoms with E-state index in [9.17, 15) is 9.59 Å². The third kappa shape index (κ3) is 6.03. The van der Waals surface area contributed by atoms with Crippen molar-refractivity contribution >= 4 is 28.7 Å². The van der Waals surface area contributed by atoms with Gasteiger partial charge in [0.25, 0.3) is 0 Å². The first kappa shape index (κ1) is 17.5. The molecule has 1 aromatic carbocycles. The molecule has 1 aromatic rings. The fraction of sp³-hybridized carbons (Fsp3) is 0.438. The zero-order valence-corrected chi connectivity index (χ0v) is 13.9. The maximum Gasteiger partial charge on any atom is 0.240 e. The van der Waals surface area contributed by atoms with E-state index in [1.165, 1.54) is 17.3 Å². The first-order valence-corrected chi connectivity index (χ1v) is 8.38. The van der Waals surface area contributed by atoms with Crippen molar-refractivity contribution in [3.05, 3.63) is 35.9 Å². The molecule has 6 nitrogen and oxygen atoms in total. The van der Waals surface area contributed by atoms with Crippen LogP contribution < -0.4 is 10.6 Å². The van der Waals surface area contributed by atoms with E-state index in [1.807, 2.05) is 30.3 Å². The van der Waals surface area contributed by atoms with Crippen LogP contribution in [0.4, 0.5) is 0 Å². The molecule has 0 spiro atoms. The summed E-state index contributed by atoms with van der Waals surface area (Å²) < 4.78 is 4.91. The van der Waals surface area contributed by atoms with Gasteiger partial charge >= 0.3 is 0 Å². The lowest BCUT2D eigenvalue weighted by molar-refractivity contribution is -0.125. The van der Waals surface area contributed by atoms with Crippen molar-refractivity contribution in [1.82, 2.24) is 10.6 Å². The number of carbonyl (C=O) groups excluding carboxylic acids is 2. The van der Waals surface area contributed by atoms with E-state index in [4.69, 9.17) is 4.74 Å². The first-order valence-electron chi connectivity index (χ1n) is 7.50. The molecular formula is C16H21N3O3S. The number of amidine groups is 1. The number of hydrogen-bond donors (Lipinski definition) is 2. The second-order valence-corrected chi connectivity index (χ2v) is 6.26. The minimum atomic E-state index is -0.409. The van der Waals surface area contributed by atoms with E-state index >= 15 is 0 Å². The summed E-state index contributed by atoms with van der Waals surface area (Å²) in [6, 6.07) is 9.95.